The largest absolute Gasteiger partial charge is 0.256 e. The first-order valence-electron chi connectivity index (χ1n) is 4.57. The molecule has 0 N–H and O–H groups in total. The summed E-state index contributed by atoms with van der Waals surface area (Å²) in [5.41, 5.74) is 10.7. The van der Waals surface area contributed by atoms with Crippen molar-refractivity contribution in [3.8, 4) is 11.3 Å². The van der Waals surface area contributed by atoms with Crippen molar-refractivity contribution in [2.24, 2.45) is 5.11 Å². The summed E-state index contributed by atoms with van der Waals surface area (Å²) < 4.78 is 0.921. The predicted molar refractivity (Wildman–Crippen MR) is 66.2 cm³/mol. The van der Waals surface area contributed by atoms with E-state index in [2.05, 4.69) is 30.9 Å². The Kier molecular flexibility index (Phi) is 3.19. The van der Waals surface area contributed by atoms with Gasteiger partial charge < -0.3 is 0 Å². The van der Waals surface area contributed by atoms with Crippen LogP contribution in [0.2, 0.25) is 0 Å². The Morgan fingerprint density at radius 1 is 1.25 bits per heavy atom. The molecular weight excluding hydrogens is 268 g/mol. The van der Waals surface area contributed by atoms with Crippen LogP contribution in [0.15, 0.2) is 52.2 Å². The lowest BCUT2D eigenvalue weighted by Crippen LogP contribution is -1.82. The van der Waals surface area contributed by atoms with Crippen molar-refractivity contribution in [1.82, 2.24) is 4.98 Å². The average molecular weight is 275 g/mol. The van der Waals surface area contributed by atoms with Gasteiger partial charge in [0, 0.05) is 26.8 Å². The highest BCUT2D eigenvalue weighted by Crippen LogP contribution is 2.31. The van der Waals surface area contributed by atoms with Gasteiger partial charge in [-0.05, 0) is 29.8 Å². The molecule has 0 aliphatic rings. The van der Waals surface area contributed by atoms with Crippen LogP contribution in [0, 0.1) is 0 Å². The fraction of sp³-hybridized carbons (Fsp3) is 0. The van der Waals surface area contributed by atoms with Crippen molar-refractivity contribution in [2.75, 3.05) is 0 Å². The Morgan fingerprint density at radius 2 is 2.12 bits per heavy atom. The van der Waals surface area contributed by atoms with E-state index in [1.807, 2.05) is 30.3 Å². The van der Waals surface area contributed by atoms with Crippen molar-refractivity contribution < 1.29 is 0 Å². The van der Waals surface area contributed by atoms with Gasteiger partial charge in [0.2, 0.25) is 0 Å². The lowest BCUT2D eigenvalue weighted by molar-refractivity contribution is 1.31. The van der Waals surface area contributed by atoms with Gasteiger partial charge in [-0.1, -0.05) is 33.2 Å². The maximum Gasteiger partial charge on any atom is 0.0706 e. The Morgan fingerprint density at radius 3 is 2.81 bits per heavy atom. The van der Waals surface area contributed by atoms with Gasteiger partial charge in [0.15, 0.2) is 0 Å². The zero-order chi connectivity index (χ0) is 11.4. The third-order valence-corrected chi connectivity index (χ3v) is 2.55. The van der Waals surface area contributed by atoms with Crippen LogP contribution < -0.4 is 0 Å². The molecule has 0 fully saturated rings. The Labute approximate surface area is 101 Å². The van der Waals surface area contributed by atoms with Crippen molar-refractivity contribution in [3.63, 3.8) is 0 Å². The van der Waals surface area contributed by atoms with E-state index >= 15 is 0 Å². The molecule has 1 aromatic carbocycles. The molecule has 0 bridgehead atoms. The van der Waals surface area contributed by atoms with Crippen molar-refractivity contribution in [1.29, 1.82) is 0 Å². The minimum atomic E-state index is 0.574. The van der Waals surface area contributed by atoms with E-state index in [1.165, 1.54) is 0 Å². The van der Waals surface area contributed by atoms with E-state index in [4.69, 9.17) is 5.53 Å². The van der Waals surface area contributed by atoms with E-state index < -0.39 is 0 Å². The number of aromatic nitrogens is 1. The molecule has 0 unspecified atom stereocenters. The number of hydrogen-bond acceptors (Lipinski definition) is 2. The number of pyridine rings is 1. The molecule has 0 amide bonds. The fourth-order valence-electron chi connectivity index (χ4n) is 1.37. The maximum atomic E-state index is 8.49. The number of rotatable bonds is 2. The first kappa shape index (κ1) is 10.7. The van der Waals surface area contributed by atoms with Crippen molar-refractivity contribution in [2.45, 2.75) is 0 Å². The third kappa shape index (κ3) is 2.21. The standard InChI is InChI=1S/C11H7BrN4/c12-8-4-5-11(15-16-13)9(7-8)10-3-1-2-6-14-10/h1-7H. The minimum absolute atomic E-state index is 0.574. The summed E-state index contributed by atoms with van der Waals surface area (Å²) in [5.74, 6) is 0. The number of azide groups is 1. The molecule has 1 aromatic heterocycles. The van der Waals surface area contributed by atoms with Crippen LogP contribution >= 0.6 is 15.9 Å². The van der Waals surface area contributed by atoms with Crippen LogP contribution in [0.1, 0.15) is 0 Å². The topological polar surface area (TPSA) is 61.7 Å². The highest BCUT2D eigenvalue weighted by atomic mass is 79.9. The molecule has 0 saturated heterocycles. The van der Waals surface area contributed by atoms with Crippen LogP contribution in [-0.2, 0) is 0 Å². The van der Waals surface area contributed by atoms with Gasteiger partial charge >= 0.3 is 0 Å². The van der Waals surface area contributed by atoms with E-state index in [0.29, 0.717) is 5.69 Å². The Balaban J connectivity index is 2.62. The molecule has 2 aromatic rings. The molecule has 5 heteroatoms. The second kappa shape index (κ2) is 4.79. The lowest BCUT2D eigenvalue weighted by atomic mass is 10.1. The van der Waals surface area contributed by atoms with Gasteiger partial charge in [-0.3, -0.25) is 4.98 Å². The van der Waals surface area contributed by atoms with Crippen LogP contribution in [-0.4, -0.2) is 4.98 Å². The minimum Gasteiger partial charge on any atom is -0.256 e. The van der Waals surface area contributed by atoms with Gasteiger partial charge in [-0.25, -0.2) is 0 Å². The number of benzene rings is 1. The summed E-state index contributed by atoms with van der Waals surface area (Å²) in [7, 11) is 0. The van der Waals surface area contributed by atoms with Crippen LogP contribution in [0.25, 0.3) is 21.7 Å². The number of hydrogen-bond donors (Lipinski definition) is 0. The second-order valence-corrected chi connectivity index (χ2v) is 3.98. The highest BCUT2D eigenvalue weighted by Gasteiger charge is 2.04. The number of nitrogens with zero attached hydrogens (tertiary/aromatic N) is 4. The summed E-state index contributed by atoms with van der Waals surface area (Å²) in [6, 6.07) is 11.1. The lowest BCUT2D eigenvalue weighted by Gasteiger charge is -2.04. The average Bonchev–Trinajstić information content (AvgIpc) is 2.33. The first-order valence-corrected chi connectivity index (χ1v) is 5.36. The van der Waals surface area contributed by atoms with Crippen molar-refractivity contribution >= 4 is 21.6 Å². The quantitative estimate of drug-likeness (QED) is 0.453. The predicted octanol–water partition coefficient (Wildman–Crippen LogP) is 4.45. The van der Waals surface area contributed by atoms with Gasteiger partial charge in [0.05, 0.1) is 5.69 Å². The molecule has 0 saturated carbocycles. The zero-order valence-corrected chi connectivity index (χ0v) is 9.79. The third-order valence-electron chi connectivity index (χ3n) is 2.05. The van der Waals surface area contributed by atoms with E-state index in [9.17, 15) is 0 Å². The van der Waals surface area contributed by atoms with Gasteiger partial charge in [-0.15, -0.1) is 0 Å². The summed E-state index contributed by atoms with van der Waals surface area (Å²) in [4.78, 5) is 7.03. The van der Waals surface area contributed by atoms with Gasteiger partial charge in [0.25, 0.3) is 0 Å². The van der Waals surface area contributed by atoms with E-state index in [0.717, 1.165) is 15.7 Å². The number of halogens is 1. The monoisotopic (exact) mass is 274 g/mol. The summed E-state index contributed by atoms with van der Waals surface area (Å²) in [6.07, 6.45) is 1.70. The van der Waals surface area contributed by atoms with Crippen LogP contribution in [0.3, 0.4) is 0 Å². The Bertz CT molecular complexity index is 547. The molecule has 0 spiro atoms. The summed E-state index contributed by atoms with van der Waals surface area (Å²) in [5, 5.41) is 3.64. The smallest absolute Gasteiger partial charge is 0.0706 e. The normalized spacial score (nSPS) is 9.56. The molecule has 4 nitrogen and oxygen atoms in total. The summed E-state index contributed by atoms with van der Waals surface area (Å²) >= 11 is 3.38. The molecule has 0 radical (unpaired) electrons. The van der Waals surface area contributed by atoms with Gasteiger partial charge in [-0.2, -0.15) is 0 Å². The molecule has 2 rings (SSSR count). The Hall–Kier alpha value is -1.84. The van der Waals surface area contributed by atoms with Crippen molar-refractivity contribution in [3.05, 3.63) is 57.5 Å². The van der Waals surface area contributed by atoms with Crippen LogP contribution in [0.4, 0.5) is 5.69 Å². The maximum absolute atomic E-state index is 8.49. The molecule has 1 heterocycles. The van der Waals surface area contributed by atoms with E-state index in [-0.39, 0.29) is 0 Å². The van der Waals surface area contributed by atoms with E-state index in [1.54, 1.807) is 12.3 Å². The zero-order valence-electron chi connectivity index (χ0n) is 8.21. The highest BCUT2D eigenvalue weighted by molar-refractivity contribution is 9.10. The first-order chi connectivity index (χ1) is 7.81. The molecule has 0 atom stereocenters. The molecule has 0 aliphatic carbocycles. The fourth-order valence-corrected chi connectivity index (χ4v) is 1.73. The summed E-state index contributed by atoms with van der Waals surface area (Å²) in [6.45, 7) is 0. The molecular formula is C11H7BrN4. The molecule has 16 heavy (non-hydrogen) atoms. The molecule has 78 valence electrons. The SMILES string of the molecule is [N-]=[N+]=Nc1ccc(Br)cc1-c1ccccn1. The van der Waals surface area contributed by atoms with Crippen LogP contribution in [0.5, 0.6) is 0 Å². The molecule has 0 aliphatic heterocycles. The second-order valence-electron chi connectivity index (χ2n) is 3.07. The van der Waals surface area contributed by atoms with Gasteiger partial charge in [0.1, 0.15) is 0 Å².